The Morgan fingerprint density at radius 2 is 1.23 bits per heavy atom. The zero-order chi connectivity index (χ0) is 38.8. The largest absolute Gasteiger partial charge is 0.396 e. The summed E-state index contributed by atoms with van der Waals surface area (Å²) in [7, 11) is 0. The highest BCUT2D eigenvalue weighted by molar-refractivity contribution is 5.47. The van der Waals surface area contributed by atoms with Gasteiger partial charge < -0.3 is 10.2 Å². The Kier molecular flexibility index (Phi) is 19.7. The third kappa shape index (κ3) is 13.2. The van der Waals surface area contributed by atoms with Crippen LogP contribution in [0.3, 0.4) is 0 Å². The summed E-state index contributed by atoms with van der Waals surface area (Å²) in [5, 5.41) is 19.4. The molecule has 0 bridgehead atoms. The maximum absolute atomic E-state index is 10.2. The molecule has 0 spiro atoms. The first-order valence-corrected chi connectivity index (χ1v) is 17.8. The van der Waals surface area contributed by atoms with Crippen LogP contribution in [-0.4, -0.2) is 22.9 Å². The van der Waals surface area contributed by atoms with E-state index < -0.39 is 0 Å². The van der Waals surface area contributed by atoms with Crippen molar-refractivity contribution in [1.29, 1.82) is 0 Å². The van der Waals surface area contributed by atoms with E-state index in [2.05, 4.69) is 163 Å². The van der Waals surface area contributed by atoms with Crippen LogP contribution in [0, 0.1) is 193 Å². The Hall–Kier alpha value is -6.02. The molecular weight excluding hydrogens is 653 g/mol. The third-order valence-electron chi connectivity index (χ3n) is 11.1. The van der Waals surface area contributed by atoms with Gasteiger partial charge in [0.15, 0.2) is 0 Å². The van der Waals surface area contributed by atoms with Crippen LogP contribution < -0.4 is 0 Å². The SMILES string of the molecule is C#CC#CC#CC#CC#CC#CC#CC#CC#CC#CC#CC#CC.C[C@H](CCCO)[C@H]1CC[C@H]2[C@@H]3CC=C4C[C@@H](O)CC[C@]4(C)[C@H]3CC[C@]12C.O=O.[HH].[HH].[HH].[HH].[HH].[HH].[HH].[HH].[HH].[HH].[HH].[HH].[HH].[HH].[HH].[HH].[HH].[HH]. The van der Waals surface area contributed by atoms with E-state index in [1.165, 1.54) is 44.9 Å². The van der Waals surface area contributed by atoms with Crippen molar-refractivity contribution in [2.45, 2.75) is 98.0 Å². The van der Waals surface area contributed by atoms with Crippen molar-refractivity contribution in [2.75, 3.05) is 6.61 Å². The van der Waals surface area contributed by atoms with Crippen molar-refractivity contribution in [1.82, 2.24) is 0 Å². The molecule has 0 heterocycles. The smallest absolute Gasteiger partial charge is 0.0577 e. The molecule has 0 radical (unpaired) electrons. The van der Waals surface area contributed by atoms with Crippen LogP contribution in [0.25, 0.3) is 0 Å². The summed E-state index contributed by atoms with van der Waals surface area (Å²) in [6, 6.07) is 0. The standard InChI is InChI=1S/C25H4.C24H40O2.O2.18H2/c1-3-5-7-9-11-13-15-17-19-21-23-25-24-22-20-18-16-14-12-10-8-6-4-2;1-16(5-4-14-25)20-8-9-21-19-7-6-17-15-18(26)10-12-23(17,2)22(19)11-13-24(20,21)3;1-2;;;;;;;;;;;;;;;;;;/h1H,2H3;6,16,18-22,25-26H,4-5,7-15H2,1-3H3;;18*1H/t;16-,18+,19+,20-,21+,22+,23+,24-;;;;;;;;;;;;;;;;;;;/m.1.................../s1. The van der Waals surface area contributed by atoms with Gasteiger partial charge in [-0.05, 0) is 206 Å². The molecule has 0 aliphatic heterocycles. The number of terminal acetylenes is 1. The molecular formula is C49H80O4. The molecule has 53 heavy (non-hydrogen) atoms. The molecule has 4 aliphatic carbocycles. The van der Waals surface area contributed by atoms with Gasteiger partial charge in [-0.2, -0.15) is 0 Å². The zero-order valence-electron chi connectivity index (χ0n) is 31.1. The quantitative estimate of drug-likeness (QED) is 0.223. The number of aliphatic hydroxyl groups excluding tert-OH is 2. The number of hydrogen-bond acceptors (Lipinski definition) is 4. The van der Waals surface area contributed by atoms with Crippen molar-refractivity contribution in [3.05, 3.63) is 21.6 Å². The summed E-state index contributed by atoms with van der Waals surface area (Å²) in [5.41, 5.74) is 2.47. The van der Waals surface area contributed by atoms with Crippen molar-refractivity contribution >= 4 is 0 Å². The normalized spacial score (nSPS) is 25.9. The zero-order valence-corrected chi connectivity index (χ0v) is 31.1. The number of fused-ring (bicyclic) bond motifs is 5. The van der Waals surface area contributed by atoms with Gasteiger partial charge in [0.1, 0.15) is 0 Å². The summed E-state index contributed by atoms with van der Waals surface area (Å²) in [6.45, 7) is 9.64. The molecule has 0 aromatic rings. The van der Waals surface area contributed by atoms with Gasteiger partial charge in [-0.3, -0.25) is 0 Å². The van der Waals surface area contributed by atoms with Crippen LogP contribution >= 0.6 is 0 Å². The van der Waals surface area contributed by atoms with Crippen LogP contribution in [0.5, 0.6) is 0 Å². The van der Waals surface area contributed by atoms with Crippen LogP contribution in [0.2, 0.25) is 0 Å². The van der Waals surface area contributed by atoms with Crippen LogP contribution in [0.1, 0.15) is 118 Å². The molecule has 0 amide bonds. The van der Waals surface area contributed by atoms with Crippen LogP contribution in [0.4, 0.5) is 0 Å². The number of aliphatic hydroxyl groups is 2. The van der Waals surface area contributed by atoms with E-state index in [4.69, 9.17) is 16.4 Å². The van der Waals surface area contributed by atoms with Gasteiger partial charge in [0, 0.05) is 77.7 Å². The maximum Gasteiger partial charge on any atom is 0.0577 e. The lowest BCUT2D eigenvalue weighted by molar-refractivity contribution is -0.0574. The lowest BCUT2D eigenvalue weighted by atomic mass is 9.47. The highest BCUT2D eigenvalue weighted by Crippen LogP contribution is 2.67. The molecule has 3 fully saturated rings. The molecule has 300 valence electrons. The van der Waals surface area contributed by atoms with Crippen molar-refractivity contribution < 1.29 is 35.9 Å². The maximum atomic E-state index is 10.2. The highest BCUT2D eigenvalue weighted by atomic mass is 16.7. The molecule has 4 heteroatoms. The van der Waals surface area contributed by atoms with Crippen LogP contribution in [-0.2, 0) is 0 Å². The lowest BCUT2D eigenvalue weighted by Crippen LogP contribution is -2.50. The molecule has 0 unspecified atom stereocenters. The van der Waals surface area contributed by atoms with E-state index in [1.807, 2.05) is 0 Å². The fourth-order valence-electron chi connectivity index (χ4n) is 8.92. The molecule has 4 nitrogen and oxygen atoms in total. The Morgan fingerprint density at radius 1 is 0.736 bits per heavy atom. The average Bonchev–Trinajstić information content (AvgIpc) is 3.53. The Balaban J connectivity index is -0.0000000425. The van der Waals surface area contributed by atoms with Crippen LogP contribution in [0.15, 0.2) is 11.6 Å². The molecule has 2 N–H and O–H groups in total. The van der Waals surface area contributed by atoms with Gasteiger partial charge in [-0.25, -0.2) is 0 Å². The van der Waals surface area contributed by atoms with E-state index in [9.17, 15) is 10.2 Å². The molecule has 8 atom stereocenters. The van der Waals surface area contributed by atoms with Crippen molar-refractivity contribution in [3.63, 3.8) is 0 Å². The van der Waals surface area contributed by atoms with Gasteiger partial charge in [0.05, 0.1) is 6.10 Å². The Labute approximate surface area is 345 Å². The number of rotatable bonds is 4. The first-order valence-electron chi connectivity index (χ1n) is 17.8. The number of allylic oxidation sites excluding steroid dienone is 1. The van der Waals surface area contributed by atoms with Gasteiger partial charge >= 0.3 is 0 Å². The minimum absolute atomic E-state index is 0. The van der Waals surface area contributed by atoms with Crippen molar-refractivity contribution in [3.8, 4) is 143 Å². The van der Waals surface area contributed by atoms with Gasteiger partial charge in [0.25, 0.3) is 0 Å². The van der Waals surface area contributed by atoms with Crippen molar-refractivity contribution in [2.24, 2.45) is 40.4 Å². The summed E-state index contributed by atoms with van der Waals surface area (Å²) in [4.78, 5) is 14.0. The molecule has 3 saturated carbocycles. The summed E-state index contributed by atoms with van der Waals surface area (Å²) in [5.74, 6) is 61.1. The van der Waals surface area contributed by atoms with E-state index in [1.54, 1.807) is 12.5 Å². The summed E-state index contributed by atoms with van der Waals surface area (Å²) < 4.78 is 0. The van der Waals surface area contributed by atoms with E-state index in [-0.39, 0.29) is 31.8 Å². The minimum atomic E-state index is -0.0945. The first-order chi connectivity index (χ1) is 25.8. The predicted octanol–water partition coefficient (Wildman–Crippen LogP) is 10.5. The van der Waals surface area contributed by atoms with E-state index in [0.29, 0.717) is 17.4 Å². The Morgan fingerprint density at radius 3 is 1.70 bits per heavy atom. The fraction of sp³-hybridized carbons (Fsp3) is 0.469. The summed E-state index contributed by atoms with van der Waals surface area (Å²) >= 11 is 0. The summed E-state index contributed by atoms with van der Waals surface area (Å²) in [6.07, 6.45) is 19.5. The third-order valence-corrected chi connectivity index (χ3v) is 11.1. The number of hydrogen-bond donors (Lipinski definition) is 2. The molecule has 4 aliphatic rings. The molecule has 0 aromatic carbocycles. The predicted molar refractivity (Wildman–Crippen MR) is 252 cm³/mol. The lowest BCUT2D eigenvalue weighted by Gasteiger charge is -2.58. The molecule has 0 saturated heterocycles. The highest BCUT2D eigenvalue weighted by Gasteiger charge is 2.59. The van der Waals surface area contributed by atoms with E-state index in [0.717, 1.165) is 48.9 Å². The van der Waals surface area contributed by atoms with E-state index >= 15 is 0 Å². The minimum Gasteiger partial charge on any atom is -0.396 e. The Bertz CT molecular complexity index is 2160. The van der Waals surface area contributed by atoms with Gasteiger partial charge in [0.2, 0.25) is 0 Å². The monoisotopic (exact) mass is 733 g/mol. The molecule has 4 rings (SSSR count). The average molecular weight is 733 g/mol. The van der Waals surface area contributed by atoms with Gasteiger partial charge in [-0.1, -0.05) is 38.3 Å². The van der Waals surface area contributed by atoms with Gasteiger partial charge in [-0.15, -0.1) is 6.42 Å². The fourth-order valence-corrected chi connectivity index (χ4v) is 8.92. The molecule has 0 aromatic heterocycles. The topological polar surface area (TPSA) is 74.6 Å². The second kappa shape index (κ2) is 24.2. The second-order valence-corrected chi connectivity index (χ2v) is 13.7. The first kappa shape index (κ1) is 43.1. The second-order valence-electron chi connectivity index (χ2n) is 13.7.